The third-order valence-corrected chi connectivity index (χ3v) is 15.5. The van der Waals surface area contributed by atoms with Gasteiger partial charge in [-0.15, -0.1) is 0 Å². The second-order valence-corrected chi connectivity index (χ2v) is 18.8. The lowest BCUT2D eigenvalue weighted by atomic mass is 9.64. The van der Waals surface area contributed by atoms with E-state index in [-0.39, 0.29) is 41.6 Å². The Balaban J connectivity index is 0.739. The number of carbonyl (C=O) groups excluding carboxylic acids is 4. The van der Waals surface area contributed by atoms with Gasteiger partial charge in [0.1, 0.15) is 17.6 Å². The molecule has 0 saturated carbocycles. The predicted molar refractivity (Wildman–Crippen MR) is 239 cm³/mol. The third-order valence-electron chi connectivity index (χ3n) is 15.5. The fourth-order valence-corrected chi connectivity index (χ4v) is 11.5. The van der Waals surface area contributed by atoms with Crippen LogP contribution < -0.4 is 24.8 Å². The number of phenols is 1. The van der Waals surface area contributed by atoms with E-state index < -0.39 is 29.1 Å². The number of hydrogen-bond donors (Lipinski definition) is 2. The monoisotopic (exact) mass is 881 g/mol. The number of halogens is 2. The number of phenolic OH excluding ortho intramolecular Hbond substituents is 1. The molecule has 4 amide bonds. The van der Waals surface area contributed by atoms with Crippen molar-refractivity contribution in [2.24, 2.45) is 17.3 Å². The fraction of sp³-hybridized carbons (Fsp3) is 0.551. The lowest BCUT2D eigenvalue weighted by Gasteiger charge is -2.56. The Kier molecular flexibility index (Phi) is 12.3. The van der Waals surface area contributed by atoms with Crippen molar-refractivity contribution in [1.29, 1.82) is 0 Å². The zero-order chi connectivity index (χ0) is 44.9. The van der Waals surface area contributed by atoms with Gasteiger partial charge in [-0.25, -0.2) is 8.78 Å². The summed E-state index contributed by atoms with van der Waals surface area (Å²) < 4.78 is 36.6. The molecule has 0 radical (unpaired) electrons. The number of hydrogen-bond acceptors (Lipinski definition) is 10. The van der Waals surface area contributed by atoms with Gasteiger partial charge in [0, 0.05) is 101 Å². The van der Waals surface area contributed by atoms with Crippen LogP contribution in [0, 0.1) is 28.9 Å². The van der Waals surface area contributed by atoms with Gasteiger partial charge < -0.3 is 34.3 Å². The minimum Gasteiger partial charge on any atom is -0.503 e. The molecule has 3 aromatic rings. The highest BCUT2D eigenvalue weighted by atomic mass is 19.1. The zero-order valence-electron chi connectivity index (χ0n) is 37.3. The summed E-state index contributed by atoms with van der Waals surface area (Å²) >= 11 is 0. The molecule has 0 bridgehead atoms. The first-order valence-electron chi connectivity index (χ1n) is 23.3. The average molecular weight is 882 g/mol. The van der Waals surface area contributed by atoms with Crippen LogP contribution >= 0.6 is 0 Å². The summed E-state index contributed by atoms with van der Waals surface area (Å²) in [6.07, 6.45) is 5.70. The smallest absolute Gasteiger partial charge is 0.255 e. The van der Waals surface area contributed by atoms with E-state index in [0.717, 1.165) is 108 Å². The van der Waals surface area contributed by atoms with Crippen molar-refractivity contribution >= 4 is 40.7 Å². The molecule has 15 heteroatoms. The lowest BCUT2D eigenvalue weighted by molar-refractivity contribution is -0.141. The van der Waals surface area contributed by atoms with Crippen LogP contribution in [0.15, 0.2) is 48.5 Å². The number of carbonyl (C=O) groups is 4. The molecule has 9 rings (SSSR count). The quantitative estimate of drug-likeness (QED) is 0.163. The lowest BCUT2D eigenvalue weighted by Crippen LogP contribution is -2.63. The molecule has 6 aliphatic rings. The number of piperidine rings is 3. The topological polar surface area (TPSA) is 129 Å². The number of imide groups is 1. The highest BCUT2D eigenvalue weighted by Gasteiger charge is 2.61. The Morgan fingerprint density at radius 3 is 2.02 bits per heavy atom. The van der Waals surface area contributed by atoms with Gasteiger partial charge in [-0.1, -0.05) is 26.0 Å². The Bertz CT molecular complexity index is 2280. The first kappa shape index (κ1) is 43.9. The van der Waals surface area contributed by atoms with Gasteiger partial charge in [0.15, 0.2) is 11.6 Å². The molecule has 342 valence electrons. The molecule has 0 aromatic heterocycles. The highest BCUT2D eigenvalue weighted by Crippen LogP contribution is 2.59. The number of methoxy groups -OCH3 is 1. The molecule has 5 fully saturated rings. The third kappa shape index (κ3) is 7.96. The number of para-hydroxylation sites is 1. The highest BCUT2D eigenvalue weighted by molar-refractivity contribution is 6.08. The second-order valence-electron chi connectivity index (χ2n) is 18.8. The molecule has 2 atom stereocenters. The Hall–Kier alpha value is -5.28. The van der Waals surface area contributed by atoms with Crippen molar-refractivity contribution in [1.82, 2.24) is 20.0 Å². The predicted octanol–water partition coefficient (Wildman–Crippen LogP) is 6.08. The zero-order valence-corrected chi connectivity index (χ0v) is 37.3. The first-order valence-corrected chi connectivity index (χ1v) is 23.3. The number of β-lactam (4-membered cyclic amide) rings is 1. The van der Waals surface area contributed by atoms with Crippen molar-refractivity contribution in [2.75, 3.05) is 87.3 Å². The Labute approximate surface area is 374 Å². The van der Waals surface area contributed by atoms with E-state index >= 15 is 4.39 Å². The van der Waals surface area contributed by atoms with Crippen LogP contribution in [0.4, 0.5) is 25.8 Å². The summed E-state index contributed by atoms with van der Waals surface area (Å²) in [4.78, 5) is 63.9. The van der Waals surface area contributed by atoms with Crippen LogP contribution in [0.25, 0.3) is 0 Å². The Morgan fingerprint density at radius 2 is 1.41 bits per heavy atom. The summed E-state index contributed by atoms with van der Waals surface area (Å²) in [7, 11) is 1.54. The maximum absolute atomic E-state index is 16.3. The average Bonchev–Trinajstić information content (AvgIpc) is 3.63. The molecule has 6 heterocycles. The maximum atomic E-state index is 16.3. The first-order chi connectivity index (χ1) is 30.9. The Morgan fingerprint density at radius 1 is 0.766 bits per heavy atom. The number of nitrogens with one attached hydrogen (secondary N) is 1. The van der Waals surface area contributed by atoms with E-state index in [4.69, 9.17) is 4.74 Å². The van der Waals surface area contributed by atoms with Crippen LogP contribution in [0.1, 0.15) is 92.7 Å². The SMILES string of the molecule is CCC1(CC)C(=O)N(c2cccc(F)c2O)[C@H]1c1cc(F)c(N2CCC(CN3CCN(CC4CCN(c5ccc6c(c5)C(=O)N([C@H]5CCC(=O)NC5=O)C6)CC4)CC3)CC2)cc1OC. The number of benzene rings is 3. The number of fused-ring (bicyclic) bond motifs is 1. The van der Waals surface area contributed by atoms with E-state index in [1.54, 1.807) is 18.1 Å². The van der Waals surface area contributed by atoms with Crippen LogP contribution in [0.2, 0.25) is 0 Å². The van der Waals surface area contributed by atoms with E-state index in [1.807, 2.05) is 26.0 Å². The number of piperazine rings is 1. The van der Waals surface area contributed by atoms with Crippen LogP contribution in [0.5, 0.6) is 11.5 Å². The van der Waals surface area contributed by atoms with E-state index in [9.17, 15) is 28.7 Å². The van der Waals surface area contributed by atoms with Gasteiger partial charge >= 0.3 is 0 Å². The molecule has 5 saturated heterocycles. The second kappa shape index (κ2) is 17.9. The molecular formula is C49H61F2N7O6. The number of rotatable bonds is 12. The summed E-state index contributed by atoms with van der Waals surface area (Å²) in [6, 6.07) is 12.2. The standard InChI is InChI=1S/C49H61F2N7O6/c1-4-49(5-2)45(58(48(49)63)39-8-6-7-37(50)44(39)60)36-26-38(51)41(27-42(36)64-3)56-19-15-32(16-20-56)29-54-23-21-53(22-24-54)28-31-13-17-55(18-14-31)34-10-9-33-30-57(47(62)35(33)25-34)40-11-12-43(59)52-46(40)61/h6-10,25-27,31-32,40,45,60H,4-5,11-24,28-30H2,1-3H3,(H,52,59,61)/t40-,45-/m0/s1. The minimum atomic E-state index is -0.843. The molecule has 2 N–H and O–H groups in total. The fourth-order valence-electron chi connectivity index (χ4n) is 11.5. The van der Waals surface area contributed by atoms with Gasteiger partial charge in [-0.3, -0.25) is 29.4 Å². The van der Waals surface area contributed by atoms with E-state index in [0.29, 0.717) is 60.2 Å². The normalized spacial score (nSPS) is 23.7. The number of ether oxygens (including phenoxy) is 1. The van der Waals surface area contributed by atoms with Gasteiger partial charge in [0.05, 0.1) is 29.9 Å². The number of aromatic hydroxyl groups is 1. The van der Waals surface area contributed by atoms with Gasteiger partial charge in [-0.2, -0.15) is 0 Å². The minimum absolute atomic E-state index is 0.0665. The summed E-state index contributed by atoms with van der Waals surface area (Å²) in [5.74, 6) is -1.24. The van der Waals surface area contributed by atoms with Crippen molar-refractivity contribution in [3.63, 3.8) is 0 Å². The van der Waals surface area contributed by atoms with Crippen molar-refractivity contribution in [3.05, 3.63) is 76.9 Å². The molecule has 13 nitrogen and oxygen atoms in total. The molecular weight excluding hydrogens is 821 g/mol. The van der Waals surface area contributed by atoms with Crippen molar-refractivity contribution in [3.8, 4) is 11.5 Å². The van der Waals surface area contributed by atoms with Crippen molar-refractivity contribution < 1.29 is 37.8 Å². The van der Waals surface area contributed by atoms with Crippen LogP contribution in [-0.2, 0) is 20.9 Å². The van der Waals surface area contributed by atoms with Crippen LogP contribution in [-0.4, -0.2) is 122 Å². The molecule has 0 aliphatic carbocycles. The van der Waals surface area contributed by atoms with Gasteiger partial charge in [0.25, 0.3) is 5.91 Å². The molecule has 0 unspecified atom stereocenters. The molecule has 3 aromatic carbocycles. The summed E-state index contributed by atoms with van der Waals surface area (Å²) in [5.41, 5.74) is 2.84. The molecule has 6 aliphatic heterocycles. The van der Waals surface area contributed by atoms with Crippen LogP contribution in [0.3, 0.4) is 0 Å². The molecule has 0 spiro atoms. The summed E-state index contributed by atoms with van der Waals surface area (Å²) in [6.45, 7) is 13.9. The number of amides is 4. The largest absolute Gasteiger partial charge is 0.503 e. The summed E-state index contributed by atoms with van der Waals surface area (Å²) in [5, 5.41) is 13.0. The van der Waals surface area contributed by atoms with E-state index in [2.05, 4.69) is 31.0 Å². The molecule has 64 heavy (non-hydrogen) atoms. The van der Waals surface area contributed by atoms with Crippen molar-refractivity contribution in [2.45, 2.75) is 83.8 Å². The number of nitrogens with zero attached hydrogens (tertiary/aromatic N) is 6. The van der Waals surface area contributed by atoms with E-state index in [1.165, 1.54) is 23.1 Å². The van der Waals surface area contributed by atoms with Gasteiger partial charge in [-0.05, 0) is 92.7 Å². The number of anilines is 3. The maximum Gasteiger partial charge on any atom is 0.255 e. The van der Waals surface area contributed by atoms with Gasteiger partial charge in [0.2, 0.25) is 17.7 Å².